The van der Waals surface area contributed by atoms with Crippen LogP contribution < -0.4 is 0 Å². The van der Waals surface area contributed by atoms with Gasteiger partial charge in [0, 0.05) is 17.6 Å². The van der Waals surface area contributed by atoms with E-state index in [9.17, 15) is 4.79 Å². The van der Waals surface area contributed by atoms with Crippen molar-refractivity contribution in [3.63, 3.8) is 0 Å². The maximum atomic E-state index is 12.4. The van der Waals surface area contributed by atoms with E-state index < -0.39 is 0 Å². The van der Waals surface area contributed by atoms with Gasteiger partial charge >= 0.3 is 0 Å². The molecule has 2 nitrogen and oxygen atoms in total. The van der Waals surface area contributed by atoms with Gasteiger partial charge in [-0.25, -0.2) is 0 Å². The third-order valence-electron chi connectivity index (χ3n) is 2.63. The zero-order chi connectivity index (χ0) is 12.8. The van der Waals surface area contributed by atoms with Crippen LogP contribution in [0.25, 0.3) is 0 Å². The predicted molar refractivity (Wildman–Crippen MR) is 75.4 cm³/mol. The number of aryl methyl sites for hydroxylation is 1. The number of nitrogens with zero attached hydrogens (tertiary/aromatic N) is 1. The molecule has 0 fully saturated rings. The van der Waals surface area contributed by atoms with Crippen LogP contribution in [0.2, 0.25) is 0 Å². The Morgan fingerprint density at radius 3 is 2.35 bits per heavy atom. The molecule has 1 rings (SSSR count). The van der Waals surface area contributed by atoms with E-state index in [1.807, 2.05) is 30.0 Å². The molecule has 0 spiro atoms. The minimum absolute atomic E-state index is 0.129. The molecule has 0 N–H and O–H groups in total. The maximum Gasteiger partial charge on any atom is 0.255 e. The lowest BCUT2D eigenvalue weighted by molar-refractivity contribution is 0.0754. The minimum atomic E-state index is 0.129. The van der Waals surface area contributed by atoms with Gasteiger partial charge in [0.2, 0.25) is 0 Å². The van der Waals surface area contributed by atoms with Crippen molar-refractivity contribution in [1.29, 1.82) is 0 Å². The van der Waals surface area contributed by atoms with E-state index in [0.29, 0.717) is 0 Å². The molecule has 0 aliphatic rings. The van der Waals surface area contributed by atoms with Crippen LogP contribution in [-0.2, 0) is 0 Å². The zero-order valence-electron chi connectivity index (χ0n) is 10.8. The molecule has 17 heavy (non-hydrogen) atoms. The summed E-state index contributed by atoms with van der Waals surface area (Å²) in [4.78, 5) is 14.3. The van der Waals surface area contributed by atoms with E-state index in [1.54, 1.807) is 0 Å². The number of rotatable bonds is 5. The van der Waals surface area contributed by atoms with Gasteiger partial charge in [-0.1, -0.05) is 25.5 Å². The first-order chi connectivity index (χ1) is 8.10. The number of hydrogen-bond acceptors (Lipinski definition) is 1. The number of carbonyl (C=O) groups excluding carboxylic acids is 1. The molecule has 0 aliphatic carbocycles. The molecule has 0 saturated carbocycles. The molecule has 0 heterocycles. The van der Waals surface area contributed by atoms with Gasteiger partial charge in [0.05, 0.1) is 5.56 Å². The average Bonchev–Trinajstić information content (AvgIpc) is 2.31. The van der Waals surface area contributed by atoms with Crippen LogP contribution in [0.15, 0.2) is 22.7 Å². The van der Waals surface area contributed by atoms with Crippen molar-refractivity contribution in [3.8, 4) is 0 Å². The summed E-state index contributed by atoms with van der Waals surface area (Å²) in [5.41, 5.74) is 1.89. The van der Waals surface area contributed by atoms with Crippen molar-refractivity contribution in [2.75, 3.05) is 13.1 Å². The Bertz CT molecular complexity index is 384. The lowest BCUT2D eigenvalue weighted by Crippen LogP contribution is -2.32. The minimum Gasteiger partial charge on any atom is -0.339 e. The molecular weight excluding hydrogens is 278 g/mol. The average molecular weight is 298 g/mol. The summed E-state index contributed by atoms with van der Waals surface area (Å²) in [5.74, 6) is 0.129. The first kappa shape index (κ1) is 14.2. The van der Waals surface area contributed by atoms with E-state index in [1.165, 1.54) is 0 Å². The second-order valence-electron chi connectivity index (χ2n) is 4.28. The molecule has 0 saturated heterocycles. The summed E-state index contributed by atoms with van der Waals surface area (Å²) in [5, 5.41) is 0. The third kappa shape index (κ3) is 3.84. The Morgan fingerprint density at radius 2 is 1.82 bits per heavy atom. The quantitative estimate of drug-likeness (QED) is 0.804. The number of benzene rings is 1. The van der Waals surface area contributed by atoms with E-state index in [2.05, 4.69) is 29.8 Å². The summed E-state index contributed by atoms with van der Waals surface area (Å²) < 4.78 is 0.880. The van der Waals surface area contributed by atoms with Crippen molar-refractivity contribution in [1.82, 2.24) is 4.90 Å². The summed E-state index contributed by atoms with van der Waals surface area (Å²) in [6.07, 6.45) is 1.99. The fraction of sp³-hybridized carbons (Fsp3) is 0.500. The summed E-state index contributed by atoms with van der Waals surface area (Å²) >= 11 is 3.45. The second-order valence-corrected chi connectivity index (χ2v) is 5.13. The second kappa shape index (κ2) is 6.80. The molecular formula is C14H20BrNO. The fourth-order valence-corrected chi connectivity index (χ4v) is 2.24. The Kier molecular flexibility index (Phi) is 5.69. The highest BCUT2D eigenvalue weighted by molar-refractivity contribution is 9.10. The van der Waals surface area contributed by atoms with Crippen LogP contribution in [0.1, 0.15) is 42.6 Å². The smallest absolute Gasteiger partial charge is 0.255 e. The van der Waals surface area contributed by atoms with Gasteiger partial charge in [0.25, 0.3) is 5.91 Å². The van der Waals surface area contributed by atoms with Gasteiger partial charge in [-0.05, 0) is 47.8 Å². The molecule has 1 aromatic carbocycles. The molecule has 94 valence electrons. The van der Waals surface area contributed by atoms with Gasteiger partial charge in [-0.2, -0.15) is 0 Å². The largest absolute Gasteiger partial charge is 0.339 e. The van der Waals surface area contributed by atoms with Crippen LogP contribution in [0.3, 0.4) is 0 Å². The lowest BCUT2D eigenvalue weighted by Gasteiger charge is -2.22. The highest BCUT2D eigenvalue weighted by atomic mass is 79.9. The molecule has 1 amide bonds. The summed E-state index contributed by atoms with van der Waals surface area (Å²) in [7, 11) is 0. The Balaban J connectivity index is 2.95. The lowest BCUT2D eigenvalue weighted by atomic mass is 10.1. The molecule has 0 aromatic heterocycles. The first-order valence-electron chi connectivity index (χ1n) is 6.15. The number of carbonyl (C=O) groups is 1. The zero-order valence-corrected chi connectivity index (χ0v) is 12.4. The molecule has 0 unspecified atom stereocenters. The SMILES string of the molecule is CCCN(CCC)C(=O)c1cc(C)ccc1Br. The molecule has 0 aliphatic heterocycles. The van der Waals surface area contributed by atoms with E-state index in [4.69, 9.17) is 0 Å². The van der Waals surface area contributed by atoms with Crippen molar-refractivity contribution in [3.05, 3.63) is 33.8 Å². The highest BCUT2D eigenvalue weighted by Gasteiger charge is 2.16. The van der Waals surface area contributed by atoms with Gasteiger partial charge in [-0.15, -0.1) is 0 Å². The monoisotopic (exact) mass is 297 g/mol. The Hall–Kier alpha value is -0.830. The van der Waals surface area contributed by atoms with E-state index in [-0.39, 0.29) is 5.91 Å². The highest BCUT2D eigenvalue weighted by Crippen LogP contribution is 2.20. The van der Waals surface area contributed by atoms with Gasteiger partial charge in [0.15, 0.2) is 0 Å². The van der Waals surface area contributed by atoms with E-state index >= 15 is 0 Å². The number of hydrogen-bond donors (Lipinski definition) is 0. The van der Waals surface area contributed by atoms with Crippen LogP contribution in [0.4, 0.5) is 0 Å². The van der Waals surface area contributed by atoms with Gasteiger partial charge in [0.1, 0.15) is 0 Å². The Labute approximate surface area is 112 Å². The topological polar surface area (TPSA) is 20.3 Å². The van der Waals surface area contributed by atoms with Crippen molar-refractivity contribution >= 4 is 21.8 Å². The predicted octanol–water partition coefficient (Wildman–Crippen LogP) is 4.02. The first-order valence-corrected chi connectivity index (χ1v) is 6.94. The molecule has 0 atom stereocenters. The summed E-state index contributed by atoms with van der Waals surface area (Å²) in [6, 6.07) is 5.90. The number of amides is 1. The summed E-state index contributed by atoms with van der Waals surface area (Å²) in [6.45, 7) is 7.86. The third-order valence-corrected chi connectivity index (χ3v) is 3.32. The van der Waals surface area contributed by atoms with Crippen LogP contribution in [-0.4, -0.2) is 23.9 Å². The standard InChI is InChI=1S/C14H20BrNO/c1-4-8-16(9-5-2)14(17)12-10-11(3)6-7-13(12)15/h6-7,10H,4-5,8-9H2,1-3H3. The fourth-order valence-electron chi connectivity index (χ4n) is 1.83. The van der Waals surface area contributed by atoms with Crippen LogP contribution in [0, 0.1) is 6.92 Å². The van der Waals surface area contributed by atoms with Gasteiger partial charge in [-0.3, -0.25) is 4.79 Å². The van der Waals surface area contributed by atoms with Crippen molar-refractivity contribution < 1.29 is 4.79 Å². The number of halogens is 1. The molecule has 0 radical (unpaired) electrons. The van der Waals surface area contributed by atoms with Gasteiger partial charge < -0.3 is 4.90 Å². The van der Waals surface area contributed by atoms with Crippen LogP contribution >= 0.6 is 15.9 Å². The Morgan fingerprint density at radius 1 is 1.24 bits per heavy atom. The van der Waals surface area contributed by atoms with Crippen molar-refractivity contribution in [2.45, 2.75) is 33.6 Å². The molecule has 3 heteroatoms. The molecule has 1 aromatic rings. The normalized spacial score (nSPS) is 10.4. The van der Waals surface area contributed by atoms with E-state index in [0.717, 1.165) is 41.5 Å². The molecule has 0 bridgehead atoms. The maximum absolute atomic E-state index is 12.4. The van der Waals surface area contributed by atoms with Crippen LogP contribution in [0.5, 0.6) is 0 Å². The van der Waals surface area contributed by atoms with Crippen molar-refractivity contribution in [2.24, 2.45) is 0 Å².